The van der Waals surface area contributed by atoms with E-state index in [9.17, 15) is 21.6 Å². The van der Waals surface area contributed by atoms with Gasteiger partial charge in [-0.05, 0) is 61.2 Å². The van der Waals surface area contributed by atoms with Gasteiger partial charge < -0.3 is 5.32 Å². The van der Waals surface area contributed by atoms with Crippen LogP contribution in [0.5, 0.6) is 0 Å². The molecule has 2 N–H and O–H groups in total. The molecule has 0 unspecified atom stereocenters. The lowest BCUT2D eigenvalue weighted by Gasteiger charge is -2.26. The number of sulfonamides is 2. The Hall–Kier alpha value is -2.14. The van der Waals surface area contributed by atoms with Crippen LogP contribution in [0.2, 0.25) is 5.02 Å². The van der Waals surface area contributed by atoms with E-state index in [1.54, 1.807) is 6.07 Å². The van der Waals surface area contributed by atoms with Crippen LogP contribution in [0.1, 0.15) is 31.2 Å². The van der Waals surface area contributed by atoms with Gasteiger partial charge in [0.05, 0.1) is 15.6 Å². The van der Waals surface area contributed by atoms with Gasteiger partial charge in [0.15, 0.2) is 0 Å². The van der Waals surface area contributed by atoms with Gasteiger partial charge in [0, 0.05) is 25.2 Å². The molecule has 2 heterocycles. The number of hydrogen-bond acceptors (Lipinski definition) is 5. The number of carbonyl (C=O) groups is 1. The van der Waals surface area contributed by atoms with Crippen LogP contribution in [0.25, 0.3) is 0 Å². The van der Waals surface area contributed by atoms with E-state index in [-0.39, 0.29) is 26.4 Å². The van der Waals surface area contributed by atoms with Gasteiger partial charge in [0.25, 0.3) is 10.0 Å². The number of fused-ring (bicyclic) bond motifs is 1. The van der Waals surface area contributed by atoms with Crippen molar-refractivity contribution < 1.29 is 21.6 Å². The second-order valence-electron chi connectivity index (χ2n) is 7.58. The minimum atomic E-state index is -3.97. The number of hydrogen-bond donors (Lipinski definition) is 2. The van der Waals surface area contributed by atoms with Crippen molar-refractivity contribution in [3.63, 3.8) is 0 Å². The van der Waals surface area contributed by atoms with Crippen LogP contribution in [-0.2, 0) is 31.3 Å². The number of aryl methyl sites for hydroxylation is 1. The van der Waals surface area contributed by atoms with Gasteiger partial charge in [-0.2, -0.15) is 4.31 Å². The summed E-state index contributed by atoms with van der Waals surface area (Å²) in [6, 6.07) is 8.51. The summed E-state index contributed by atoms with van der Waals surface area (Å²) in [7, 11) is -7.80. The van der Waals surface area contributed by atoms with Gasteiger partial charge in [-0.15, -0.1) is 0 Å². The topological polar surface area (TPSA) is 113 Å². The van der Waals surface area contributed by atoms with E-state index in [1.165, 1.54) is 34.6 Å². The van der Waals surface area contributed by atoms with Crippen LogP contribution >= 0.6 is 11.6 Å². The van der Waals surface area contributed by atoms with Crippen LogP contribution in [0.4, 0.5) is 11.4 Å². The van der Waals surface area contributed by atoms with Gasteiger partial charge in [0.1, 0.15) is 4.90 Å². The Balaban J connectivity index is 1.62. The minimum absolute atomic E-state index is 0.0257. The number of benzene rings is 2. The lowest BCUT2D eigenvalue weighted by Crippen LogP contribution is -2.35. The number of anilines is 2. The standard InChI is InChI=1S/C20H22ClN3O5S2/c21-17-7-5-15(13-19(17)31(28,29)24-10-2-1-3-11-24)23-30(26,27)16-6-8-18-14(12-16)4-9-20(25)22-18/h5-8,12-13,23H,1-4,9-11H2,(H,22,25). The minimum Gasteiger partial charge on any atom is -0.326 e. The zero-order chi connectivity index (χ0) is 22.2. The summed E-state index contributed by atoms with van der Waals surface area (Å²) in [4.78, 5) is 11.4. The number of rotatable bonds is 5. The van der Waals surface area contributed by atoms with E-state index in [2.05, 4.69) is 10.0 Å². The molecule has 11 heteroatoms. The fraction of sp³-hybridized carbons (Fsp3) is 0.350. The van der Waals surface area contributed by atoms with Crippen molar-refractivity contribution >= 4 is 48.9 Å². The molecule has 0 bridgehead atoms. The predicted molar refractivity (Wildman–Crippen MR) is 118 cm³/mol. The molecule has 8 nitrogen and oxygen atoms in total. The highest BCUT2D eigenvalue weighted by Gasteiger charge is 2.29. The summed E-state index contributed by atoms with van der Waals surface area (Å²) < 4.78 is 55.7. The third-order valence-corrected chi connectivity index (χ3v) is 9.16. The fourth-order valence-electron chi connectivity index (χ4n) is 3.75. The molecule has 2 aromatic rings. The Morgan fingerprint density at radius 3 is 2.42 bits per heavy atom. The van der Waals surface area contributed by atoms with Gasteiger partial charge in [-0.3, -0.25) is 9.52 Å². The SMILES string of the molecule is O=C1CCc2cc(S(=O)(=O)Nc3ccc(Cl)c(S(=O)(=O)N4CCCCC4)c3)ccc2N1. The summed E-state index contributed by atoms with van der Waals surface area (Å²) >= 11 is 6.16. The Kier molecular flexibility index (Phi) is 5.99. The monoisotopic (exact) mass is 483 g/mol. The summed E-state index contributed by atoms with van der Waals surface area (Å²) in [5.74, 6) is -0.107. The molecule has 2 aliphatic heterocycles. The molecule has 0 saturated carbocycles. The third kappa shape index (κ3) is 4.57. The Bertz CT molecular complexity index is 1240. The van der Waals surface area contributed by atoms with Gasteiger partial charge in [0.2, 0.25) is 15.9 Å². The molecule has 1 amide bonds. The van der Waals surface area contributed by atoms with Crippen molar-refractivity contribution in [2.24, 2.45) is 0 Å². The molecule has 2 aliphatic rings. The zero-order valence-electron chi connectivity index (χ0n) is 16.6. The quantitative estimate of drug-likeness (QED) is 0.678. The highest BCUT2D eigenvalue weighted by atomic mass is 35.5. The van der Waals surface area contributed by atoms with Crippen molar-refractivity contribution in [3.05, 3.63) is 47.0 Å². The molecular formula is C20H22ClN3O5S2. The highest BCUT2D eigenvalue weighted by Crippen LogP contribution is 2.31. The fourth-order valence-corrected chi connectivity index (χ4v) is 6.87. The Morgan fingerprint density at radius 2 is 1.68 bits per heavy atom. The molecule has 2 aromatic carbocycles. The van der Waals surface area contributed by atoms with Gasteiger partial charge in [-0.1, -0.05) is 18.0 Å². The molecule has 4 rings (SSSR count). The first-order valence-corrected chi connectivity index (χ1v) is 13.2. The summed E-state index contributed by atoms with van der Waals surface area (Å²) in [6.07, 6.45) is 3.27. The number of carbonyl (C=O) groups excluding carboxylic acids is 1. The molecule has 31 heavy (non-hydrogen) atoms. The number of amides is 1. The van der Waals surface area contributed by atoms with E-state index >= 15 is 0 Å². The third-order valence-electron chi connectivity index (χ3n) is 5.40. The Labute approximate surface area is 186 Å². The molecule has 0 radical (unpaired) electrons. The van der Waals surface area contributed by atoms with Gasteiger partial charge >= 0.3 is 0 Å². The van der Waals surface area contributed by atoms with E-state index in [0.29, 0.717) is 31.6 Å². The summed E-state index contributed by atoms with van der Waals surface area (Å²) in [5.41, 5.74) is 1.43. The molecule has 1 fully saturated rings. The average Bonchev–Trinajstić information content (AvgIpc) is 2.75. The van der Waals surface area contributed by atoms with Crippen LogP contribution in [-0.4, -0.2) is 40.1 Å². The molecule has 1 saturated heterocycles. The number of piperidine rings is 1. The lowest BCUT2D eigenvalue weighted by atomic mass is 10.0. The maximum Gasteiger partial charge on any atom is 0.261 e. The second-order valence-corrected chi connectivity index (χ2v) is 11.6. The van der Waals surface area contributed by atoms with E-state index in [4.69, 9.17) is 11.6 Å². The van der Waals surface area contributed by atoms with Crippen molar-refractivity contribution in [2.75, 3.05) is 23.1 Å². The molecule has 0 aromatic heterocycles. The Morgan fingerprint density at radius 1 is 0.935 bits per heavy atom. The maximum absolute atomic E-state index is 13.0. The van der Waals surface area contributed by atoms with E-state index < -0.39 is 20.0 Å². The van der Waals surface area contributed by atoms with Gasteiger partial charge in [-0.25, -0.2) is 16.8 Å². The van der Waals surface area contributed by atoms with Crippen molar-refractivity contribution in [2.45, 2.75) is 41.9 Å². The second kappa shape index (κ2) is 8.42. The number of nitrogens with one attached hydrogen (secondary N) is 2. The summed E-state index contributed by atoms with van der Waals surface area (Å²) in [5, 5.41) is 2.75. The van der Waals surface area contributed by atoms with Crippen LogP contribution < -0.4 is 10.0 Å². The van der Waals surface area contributed by atoms with Crippen LogP contribution in [0, 0.1) is 0 Å². The average molecular weight is 484 g/mol. The first-order chi connectivity index (χ1) is 14.7. The molecule has 0 atom stereocenters. The van der Waals surface area contributed by atoms with Crippen molar-refractivity contribution in [1.29, 1.82) is 0 Å². The smallest absolute Gasteiger partial charge is 0.261 e. The van der Waals surface area contributed by atoms with Crippen LogP contribution in [0.3, 0.4) is 0 Å². The number of halogens is 1. The zero-order valence-corrected chi connectivity index (χ0v) is 19.0. The molecule has 0 spiro atoms. The summed E-state index contributed by atoms with van der Waals surface area (Å²) in [6.45, 7) is 0.834. The molecule has 166 valence electrons. The molecule has 0 aliphatic carbocycles. The predicted octanol–water partition coefficient (Wildman–Crippen LogP) is 3.20. The lowest BCUT2D eigenvalue weighted by molar-refractivity contribution is -0.116. The first-order valence-electron chi connectivity index (χ1n) is 9.92. The number of nitrogens with zero attached hydrogens (tertiary/aromatic N) is 1. The van der Waals surface area contributed by atoms with E-state index in [0.717, 1.165) is 24.8 Å². The van der Waals surface area contributed by atoms with E-state index in [1.807, 2.05) is 0 Å². The molecular weight excluding hydrogens is 462 g/mol. The van der Waals surface area contributed by atoms with Crippen molar-refractivity contribution in [1.82, 2.24) is 4.31 Å². The van der Waals surface area contributed by atoms with Crippen molar-refractivity contribution in [3.8, 4) is 0 Å². The van der Waals surface area contributed by atoms with Crippen LogP contribution in [0.15, 0.2) is 46.2 Å². The largest absolute Gasteiger partial charge is 0.326 e. The maximum atomic E-state index is 13.0. The normalized spacial score (nSPS) is 17.6. The first kappa shape index (κ1) is 22.1. The highest BCUT2D eigenvalue weighted by molar-refractivity contribution is 7.92.